The van der Waals surface area contributed by atoms with E-state index in [0.29, 0.717) is 6.04 Å². The molecular weight excluding hydrogens is 258 g/mol. The number of fused-ring (bicyclic) bond motifs is 1. The number of anilines is 1. The van der Waals surface area contributed by atoms with Crippen molar-refractivity contribution in [1.82, 2.24) is 19.8 Å². The number of likely N-dealkylation sites (N-methyl/N-ethyl adjacent to an activating group) is 2. The molecule has 6 heteroatoms. The van der Waals surface area contributed by atoms with E-state index in [4.69, 9.17) is 9.97 Å². The number of piperazine rings is 1. The first-order valence-corrected chi connectivity index (χ1v) is 7.88. The maximum absolute atomic E-state index is 4.83. The zero-order valence-corrected chi connectivity index (χ0v) is 12.6. The Bertz CT molecular complexity index is 478. The first kappa shape index (κ1) is 13.1. The molecule has 2 aliphatic rings. The minimum absolute atomic E-state index is 0.307. The minimum atomic E-state index is 0.307. The fraction of sp³-hybridized carbons (Fsp3) is 0.692. The van der Waals surface area contributed by atoms with Gasteiger partial charge in [0.25, 0.3) is 0 Å². The SMILES string of the molecule is CNc1nc(C2CN(C)CCN2C)nc2c1CSC2. The molecule has 1 unspecified atom stereocenters. The molecule has 3 heterocycles. The molecule has 1 aromatic heterocycles. The first-order chi connectivity index (χ1) is 9.19. The number of nitrogens with one attached hydrogen (secondary N) is 1. The van der Waals surface area contributed by atoms with Crippen molar-refractivity contribution in [3.63, 3.8) is 0 Å². The first-order valence-electron chi connectivity index (χ1n) is 6.73. The highest BCUT2D eigenvalue weighted by molar-refractivity contribution is 7.98. The Morgan fingerprint density at radius 2 is 2.05 bits per heavy atom. The number of hydrogen-bond acceptors (Lipinski definition) is 6. The molecule has 1 N–H and O–H groups in total. The van der Waals surface area contributed by atoms with Crippen LogP contribution in [0.25, 0.3) is 0 Å². The van der Waals surface area contributed by atoms with Crippen molar-refractivity contribution in [2.24, 2.45) is 0 Å². The summed E-state index contributed by atoms with van der Waals surface area (Å²) in [5, 5.41) is 3.24. The third-order valence-corrected chi connectivity index (χ3v) is 4.95. The lowest BCUT2D eigenvalue weighted by Crippen LogP contribution is -2.45. The fourth-order valence-electron chi connectivity index (χ4n) is 2.72. The predicted molar refractivity (Wildman–Crippen MR) is 79.4 cm³/mol. The number of rotatable bonds is 2. The lowest BCUT2D eigenvalue weighted by Gasteiger charge is -2.36. The summed E-state index contributed by atoms with van der Waals surface area (Å²) in [7, 11) is 6.29. The van der Waals surface area contributed by atoms with Gasteiger partial charge in [-0.1, -0.05) is 0 Å². The van der Waals surface area contributed by atoms with Gasteiger partial charge in [-0.3, -0.25) is 4.90 Å². The molecule has 0 bridgehead atoms. The molecule has 1 fully saturated rings. The standard InChI is InChI=1S/C13H21N5S/c1-14-12-9-7-19-8-10(9)15-13(16-12)11-6-17(2)4-5-18(11)3/h11H,4-8H2,1-3H3,(H,14,15,16). The van der Waals surface area contributed by atoms with Crippen LogP contribution in [-0.4, -0.2) is 60.5 Å². The summed E-state index contributed by atoms with van der Waals surface area (Å²) in [6, 6.07) is 0.307. The van der Waals surface area contributed by atoms with Crippen molar-refractivity contribution in [2.45, 2.75) is 17.5 Å². The van der Waals surface area contributed by atoms with E-state index in [1.165, 1.54) is 11.3 Å². The molecule has 104 valence electrons. The Morgan fingerprint density at radius 3 is 2.84 bits per heavy atom. The maximum Gasteiger partial charge on any atom is 0.149 e. The summed E-state index contributed by atoms with van der Waals surface area (Å²) in [4.78, 5) is 14.3. The van der Waals surface area contributed by atoms with Gasteiger partial charge < -0.3 is 10.2 Å². The van der Waals surface area contributed by atoms with Crippen molar-refractivity contribution in [3.05, 3.63) is 17.1 Å². The Hall–Kier alpha value is -0.850. The van der Waals surface area contributed by atoms with Crippen molar-refractivity contribution >= 4 is 17.6 Å². The molecule has 0 radical (unpaired) electrons. The predicted octanol–water partition coefficient (Wildman–Crippen LogP) is 1.18. The van der Waals surface area contributed by atoms with E-state index in [1.54, 1.807) is 0 Å². The van der Waals surface area contributed by atoms with E-state index in [-0.39, 0.29) is 0 Å². The monoisotopic (exact) mass is 279 g/mol. The molecule has 5 nitrogen and oxygen atoms in total. The van der Waals surface area contributed by atoms with E-state index in [9.17, 15) is 0 Å². The molecule has 0 aliphatic carbocycles. The average molecular weight is 279 g/mol. The second-order valence-electron chi connectivity index (χ2n) is 5.36. The second kappa shape index (κ2) is 5.26. The van der Waals surface area contributed by atoms with Crippen LogP contribution in [0.5, 0.6) is 0 Å². The lowest BCUT2D eigenvalue weighted by molar-refractivity contribution is 0.109. The third kappa shape index (κ3) is 2.44. The molecule has 0 amide bonds. The van der Waals surface area contributed by atoms with Crippen LogP contribution in [0.15, 0.2) is 0 Å². The van der Waals surface area contributed by atoms with Crippen molar-refractivity contribution < 1.29 is 0 Å². The minimum Gasteiger partial charge on any atom is -0.373 e. The number of thioether (sulfide) groups is 1. The highest BCUT2D eigenvalue weighted by Gasteiger charge is 2.28. The summed E-state index contributed by atoms with van der Waals surface area (Å²) in [6.07, 6.45) is 0. The summed E-state index contributed by atoms with van der Waals surface area (Å²) in [5.41, 5.74) is 2.52. The molecule has 0 saturated carbocycles. The van der Waals surface area contributed by atoms with Crippen LogP contribution < -0.4 is 5.32 Å². The van der Waals surface area contributed by atoms with Gasteiger partial charge in [0.2, 0.25) is 0 Å². The summed E-state index contributed by atoms with van der Waals surface area (Å²) < 4.78 is 0. The number of hydrogen-bond donors (Lipinski definition) is 1. The van der Waals surface area contributed by atoms with Crippen LogP contribution in [0.2, 0.25) is 0 Å². The van der Waals surface area contributed by atoms with Crippen LogP contribution >= 0.6 is 11.8 Å². The third-order valence-electron chi connectivity index (χ3n) is 3.98. The van der Waals surface area contributed by atoms with Gasteiger partial charge in [-0.05, 0) is 14.1 Å². The van der Waals surface area contributed by atoms with Crippen LogP contribution in [0.4, 0.5) is 5.82 Å². The van der Waals surface area contributed by atoms with E-state index in [2.05, 4.69) is 29.2 Å². The Kier molecular flexibility index (Phi) is 3.64. The van der Waals surface area contributed by atoms with Gasteiger partial charge in [0.05, 0.1) is 11.7 Å². The average Bonchev–Trinajstić information content (AvgIpc) is 2.88. The molecule has 0 aromatic carbocycles. The molecule has 1 aromatic rings. The summed E-state index contributed by atoms with van der Waals surface area (Å²) in [6.45, 7) is 3.20. The topological polar surface area (TPSA) is 44.3 Å². The van der Waals surface area contributed by atoms with E-state index in [0.717, 1.165) is 42.8 Å². The number of nitrogens with zero attached hydrogens (tertiary/aromatic N) is 4. The van der Waals surface area contributed by atoms with E-state index in [1.807, 2.05) is 18.8 Å². The van der Waals surface area contributed by atoms with Crippen LogP contribution in [0, 0.1) is 0 Å². The normalized spacial score (nSPS) is 24.5. The van der Waals surface area contributed by atoms with Gasteiger partial charge in [0.15, 0.2) is 0 Å². The fourth-order valence-corrected chi connectivity index (χ4v) is 3.76. The number of aromatic nitrogens is 2. The molecular formula is C13H21N5S. The van der Waals surface area contributed by atoms with Gasteiger partial charge in [-0.25, -0.2) is 9.97 Å². The van der Waals surface area contributed by atoms with E-state index >= 15 is 0 Å². The largest absolute Gasteiger partial charge is 0.373 e. The quantitative estimate of drug-likeness (QED) is 0.877. The van der Waals surface area contributed by atoms with Gasteiger partial charge in [-0.15, -0.1) is 0 Å². The highest BCUT2D eigenvalue weighted by atomic mass is 32.2. The van der Waals surface area contributed by atoms with Gasteiger partial charge in [0, 0.05) is 43.8 Å². The zero-order chi connectivity index (χ0) is 13.4. The Labute approximate surface area is 118 Å². The highest BCUT2D eigenvalue weighted by Crippen LogP contribution is 2.34. The molecule has 1 saturated heterocycles. The van der Waals surface area contributed by atoms with Crippen LogP contribution in [0.1, 0.15) is 23.1 Å². The van der Waals surface area contributed by atoms with Gasteiger partial charge in [0.1, 0.15) is 11.6 Å². The summed E-state index contributed by atoms with van der Waals surface area (Å²) in [5.74, 6) is 4.05. The summed E-state index contributed by atoms with van der Waals surface area (Å²) >= 11 is 1.92. The van der Waals surface area contributed by atoms with Crippen molar-refractivity contribution in [1.29, 1.82) is 0 Å². The van der Waals surface area contributed by atoms with Crippen molar-refractivity contribution in [3.8, 4) is 0 Å². The van der Waals surface area contributed by atoms with Gasteiger partial charge in [-0.2, -0.15) is 11.8 Å². The lowest BCUT2D eigenvalue weighted by atomic mass is 10.1. The van der Waals surface area contributed by atoms with Crippen molar-refractivity contribution in [2.75, 3.05) is 46.1 Å². The van der Waals surface area contributed by atoms with Crippen LogP contribution in [0.3, 0.4) is 0 Å². The maximum atomic E-state index is 4.83. The molecule has 0 spiro atoms. The van der Waals surface area contributed by atoms with E-state index < -0.39 is 0 Å². The molecule has 2 aliphatic heterocycles. The molecule has 3 rings (SSSR count). The second-order valence-corrected chi connectivity index (χ2v) is 6.34. The molecule has 19 heavy (non-hydrogen) atoms. The van der Waals surface area contributed by atoms with Crippen LogP contribution in [-0.2, 0) is 11.5 Å². The smallest absolute Gasteiger partial charge is 0.149 e. The Morgan fingerprint density at radius 1 is 1.21 bits per heavy atom. The molecule has 1 atom stereocenters. The van der Waals surface area contributed by atoms with Gasteiger partial charge >= 0.3 is 0 Å². The Balaban J connectivity index is 1.96. The zero-order valence-electron chi connectivity index (χ0n) is 11.8.